The molecule has 88 valence electrons. The van der Waals surface area contributed by atoms with Crippen LogP contribution < -0.4 is 0 Å². The highest BCUT2D eigenvalue weighted by Gasteiger charge is 2.11. The molecular formula is C15H22S. The lowest BCUT2D eigenvalue weighted by molar-refractivity contribution is 0.889. The fraction of sp³-hybridized carbons (Fsp3) is 0.467. The Bertz CT molecular complexity index is 405. The van der Waals surface area contributed by atoms with E-state index in [1.54, 1.807) is 0 Å². The zero-order valence-corrected chi connectivity index (χ0v) is 11.9. The van der Waals surface area contributed by atoms with Crippen molar-refractivity contribution in [3.05, 3.63) is 39.6 Å². The van der Waals surface area contributed by atoms with Crippen molar-refractivity contribution in [2.75, 3.05) is 0 Å². The fourth-order valence-corrected chi connectivity index (χ4v) is 2.99. The Balaban J connectivity index is 3.23. The van der Waals surface area contributed by atoms with Gasteiger partial charge in [-0.25, -0.2) is 0 Å². The van der Waals surface area contributed by atoms with Crippen LogP contribution in [0.5, 0.6) is 0 Å². The zero-order valence-electron chi connectivity index (χ0n) is 11.1. The van der Waals surface area contributed by atoms with Crippen LogP contribution in [-0.2, 0) is 0 Å². The Morgan fingerprint density at radius 3 is 2.50 bits per heavy atom. The summed E-state index contributed by atoms with van der Waals surface area (Å²) >= 11 is 1.92. The van der Waals surface area contributed by atoms with E-state index >= 15 is 0 Å². The third-order valence-corrected chi connectivity index (χ3v) is 4.37. The third-order valence-electron chi connectivity index (χ3n) is 3.02. The molecule has 0 saturated heterocycles. The summed E-state index contributed by atoms with van der Waals surface area (Å²) in [5.41, 5.74) is 4.15. The van der Waals surface area contributed by atoms with Crippen LogP contribution in [0.3, 0.4) is 0 Å². The van der Waals surface area contributed by atoms with Crippen LogP contribution in [0.25, 0.3) is 5.57 Å². The van der Waals surface area contributed by atoms with Crippen molar-refractivity contribution >= 4 is 16.9 Å². The van der Waals surface area contributed by atoms with Crippen LogP contribution in [0.4, 0.5) is 0 Å². The summed E-state index contributed by atoms with van der Waals surface area (Å²) in [4.78, 5) is 2.90. The quantitative estimate of drug-likeness (QED) is 0.599. The molecule has 0 saturated carbocycles. The van der Waals surface area contributed by atoms with Crippen molar-refractivity contribution in [3.8, 4) is 0 Å². The Hall–Kier alpha value is -0.820. The molecule has 0 nitrogen and oxygen atoms in total. The minimum atomic E-state index is 0.624. The fourth-order valence-electron chi connectivity index (χ4n) is 1.90. The van der Waals surface area contributed by atoms with Crippen LogP contribution in [0.15, 0.2) is 24.3 Å². The van der Waals surface area contributed by atoms with Crippen molar-refractivity contribution < 1.29 is 0 Å². The van der Waals surface area contributed by atoms with Gasteiger partial charge in [0.2, 0.25) is 0 Å². The lowest BCUT2D eigenvalue weighted by Crippen LogP contribution is -1.85. The van der Waals surface area contributed by atoms with Crippen LogP contribution in [-0.4, -0.2) is 0 Å². The van der Waals surface area contributed by atoms with Gasteiger partial charge in [0.05, 0.1) is 0 Å². The normalized spacial score (nSPS) is 12.9. The van der Waals surface area contributed by atoms with Gasteiger partial charge in [-0.2, -0.15) is 0 Å². The highest BCUT2D eigenvalue weighted by Crippen LogP contribution is 2.33. The van der Waals surface area contributed by atoms with E-state index in [4.69, 9.17) is 0 Å². The second-order valence-corrected chi connectivity index (χ2v) is 5.77. The van der Waals surface area contributed by atoms with E-state index in [0.717, 1.165) is 6.42 Å². The molecule has 0 aliphatic carbocycles. The maximum Gasteiger partial charge on any atom is 0.00923 e. The van der Waals surface area contributed by atoms with E-state index in [1.807, 2.05) is 17.4 Å². The summed E-state index contributed by atoms with van der Waals surface area (Å²) in [5, 5.41) is 0. The molecular weight excluding hydrogens is 212 g/mol. The van der Waals surface area contributed by atoms with E-state index < -0.39 is 0 Å². The van der Waals surface area contributed by atoms with Crippen molar-refractivity contribution in [1.29, 1.82) is 0 Å². The van der Waals surface area contributed by atoms with Gasteiger partial charge in [-0.15, -0.1) is 11.3 Å². The topological polar surface area (TPSA) is 0 Å². The number of hydrogen-bond donors (Lipinski definition) is 0. The summed E-state index contributed by atoms with van der Waals surface area (Å²) in [6.45, 7) is 15.0. The molecule has 0 spiro atoms. The van der Waals surface area contributed by atoms with E-state index in [9.17, 15) is 0 Å². The molecule has 0 aliphatic rings. The molecule has 1 aromatic heterocycles. The van der Waals surface area contributed by atoms with Crippen LogP contribution in [0.1, 0.15) is 55.4 Å². The van der Waals surface area contributed by atoms with Gasteiger partial charge in [-0.3, -0.25) is 0 Å². The van der Waals surface area contributed by atoms with Gasteiger partial charge in [0, 0.05) is 9.75 Å². The van der Waals surface area contributed by atoms with Crippen molar-refractivity contribution in [3.63, 3.8) is 0 Å². The Labute approximate surface area is 104 Å². The maximum atomic E-state index is 3.90. The minimum absolute atomic E-state index is 0.624. The first kappa shape index (κ1) is 13.2. The van der Waals surface area contributed by atoms with E-state index in [0.29, 0.717) is 5.92 Å². The molecule has 1 heteroatoms. The highest BCUT2D eigenvalue weighted by atomic mass is 32.1. The molecule has 0 amide bonds. The predicted molar refractivity (Wildman–Crippen MR) is 76.2 cm³/mol. The third kappa shape index (κ3) is 2.65. The first-order chi connectivity index (χ1) is 7.51. The minimum Gasteiger partial charge on any atom is -0.145 e. The van der Waals surface area contributed by atoms with E-state index in [-0.39, 0.29) is 0 Å². The number of allylic oxidation sites excluding steroid dienone is 3. The second kappa shape index (κ2) is 5.49. The molecule has 16 heavy (non-hydrogen) atoms. The van der Waals surface area contributed by atoms with E-state index in [2.05, 4.69) is 47.3 Å². The lowest BCUT2D eigenvalue weighted by Gasteiger charge is -2.05. The lowest BCUT2D eigenvalue weighted by atomic mass is 9.99. The molecule has 0 aliphatic heterocycles. The molecule has 0 atom stereocenters. The molecule has 1 heterocycles. The van der Waals surface area contributed by atoms with Gasteiger partial charge in [0.1, 0.15) is 0 Å². The van der Waals surface area contributed by atoms with E-state index in [1.165, 1.54) is 26.5 Å². The smallest absolute Gasteiger partial charge is 0.00923 e. The molecule has 1 rings (SSSR count). The van der Waals surface area contributed by atoms with Crippen LogP contribution in [0, 0.1) is 6.92 Å². The molecule has 0 aromatic carbocycles. The number of rotatable bonds is 4. The first-order valence-electron chi connectivity index (χ1n) is 5.94. The van der Waals surface area contributed by atoms with Crippen molar-refractivity contribution in [2.24, 2.45) is 0 Å². The summed E-state index contributed by atoms with van der Waals surface area (Å²) in [7, 11) is 0. The standard InChI is InChI=1S/C15H22S/c1-7-13(8-2)11(5)14-9-15(10(3)4)16-12(14)6/h7,9-10H,1,8H2,2-6H3/b13-11-. The van der Waals surface area contributed by atoms with Gasteiger partial charge in [0.25, 0.3) is 0 Å². The summed E-state index contributed by atoms with van der Waals surface area (Å²) < 4.78 is 0. The van der Waals surface area contributed by atoms with Crippen LogP contribution in [0.2, 0.25) is 0 Å². The second-order valence-electron chi connectivity index (χ2n) is 4.48. The van der Waals surface area contributed by atoms with Gasteiger partial charge in [-0.05, 0) is 49.0 Å². The summed E-state index contributed by atoms with van der Waals surface area (Å²) in [6, 6.07) is 2.35. The molecule has 0 unspecified atom stereocenters. The van der Waals surface area contributed by atoms with Crippen molar-refractivity contribution in [2.45, 2.75) is 47.0 Å². The Kier molecular flexibility index (Phi) is 4.55. The summed E-state index contributed by atoms with van der Waals surface area (Å²) in [5.74, 6) is 0.624. The molecule has 0 radical (unpaired) electrons. The Morgan fingerprint density at radius 2 is 2.12 bits per heavy atom. The predicted octanol–water partition coefficient (Wildman–Crippen LogP) is 5.55. The monoisotopic (exact) mass is 234 g/mol. The number of aryl methyl sites for hydroxylation is 1. The maximum absolute atomic E-state index is 3.90. The number of hydrogen-bond acceptors (Lipinski definition) is 1. The van der Waals surface area contributed by atoms with Crippen LogP contribution >= 0.6 is 11.3 Å². The number of thiophene rings is 1. The molecule has 0 fully saturated rings. The SMILES string of the molecule is C=C/C(CC)=C(\C)c1cc(C(C)C)sc1C. The van der Waals surface area contributed by atoms with Gasteiger partial charge < -0.3 is 0 Å². The largest absolute Gasteiger partial charge is 0.145 e. The van der Waals surface area contributed by atoms with Gasteiger partial charge in [-0.1, -0.05) is 33.4 Å². The Morgan fingerprint density at radius 1 is 1.50 bits per heavy atom. The van der Waals surface area contributed by atoms with Gasteiger partial charge in [0.15, 0.2) is 0 Å². The highest BCUT2D eigenvalue weighted by molar-refractivity contribution is 7.12. The average molecular weight is 234 g/mol. The average Bonchev–Trinajstić information content (AvgIpc) is 2.62. The zero-order chi connectivity index (χ0) is 12.3. The summed E-state index contributed by atoms with van der Waals surface area (Å²) in [6.07, 6.45) is 3.04. The molecule has 0 bridgehead atoms. The molecule has 0 N–H and O–H groups in total. The molecule has 1 aromatic rings. The van der Waals surface area contributed by atoms with Crippen molar-refractivity contribution in [1.82, 2.24) is 0 Å². The van der Waals surface area contributed by atoms with Gasteiger partial charge >= 0.3 is 0 Å². The first-order valence-corrected chi connectivity index (χ1v) is 6.75.